The number of carboxylic acids is 1. The third kappa shape index (κ3) is 5.28. The van der Waals surface area contributed by atoms with Crippen LogP contribution in [0.3, 0.4) is 0 Å². The van der Waals surface area contributed by atoms with Crippen molar-refractivity contribution in [3.05, 3.63) is 83.4 Å². The molecule has 0 amide bonds. The molecule has 3 aromatic carbocycles. The molecular formula is C34H35N3O3. The van der Waals surface area contributed by atoms with Crippen molar-refractivity contribution in [2.45, 2.75) is 44.6 Å². The lowest BCUT2D eigenvalue weighted by Gasteiger charge is -2.27. The number of nitrogens with zero attached hydrogens (tertiary/aromatic N) is 3. The first-order valence-corrected chi connectivity index (χ1v) is 14.4. The molecule has 1 aliphatic carbocycles. The van der Waals surface area contributed by atoms with Gasteiger partial charge in [0.05, 0.1) is 36.1 Å². The van der Waals surface area contributed by atoms with Crippen molar-refractivity contribution >= 4 is 16.9 Å². The third-order valence-electron chi connectivity index (χ3n) is 8.59. The number of aromatic carboxylic acids is 1. The molecule has 0 bridgehead atoms. The second kappa shape index (κ2) is 11.7. The van der Waals surface area contributed by atoms with Crippen LogP contribution < -0.4 is 0 Å². The fourth-order valence-corrected chi connectivity index (χ4v) is 6.51. The van der Waals surface area contributed by atoms with Crippen molar-refractivity contribution in [3.8, 4) is 28.5 Å². The maximum atomic E-state index is 12.0. The standard InChI is InChI=1S/C34H35N3O3/c35-23-24-5-4-8-28(21-24)25-9-11-27(12-10-25)33-32(26-6-2-1-3-7-26)30-14-13-29(34(38)39)22-31(30)37(33)16-15-36-17-19-40-20-18-36/h4-5,8-14,21-22,26H,1-3,6-7,15-20H2,(H,38,39). The lowest BCUT2D eigenvalue weighted by Crippen LogP contribution is -2.38. The summed E-state index contributed by atoms with van der Waals surface area (Å²) < 4.78 is 7.95. The Kier molecular flexibility index (Phi) is 7.68. The molecule has 2 aliphatic rings. The summed E-state index contributed by atoms with van der Waals surface area (Å²) in [6.45, 7) is 5.02. The molecule has 6 rings (SSSR count). The second-order valence-electron chi connectivity index (χ2n) is 11.0. The predicted octanol–water partition coefficient (Wildman–Crippen LogP) is 6.93. The van der Waals surface area contributed by atoms with Gasteiger partial charge in [0, 0.05) is 37.1 Å². The van der Waals surface area contributed by atoms with E-state index in [1.807, 2.05) is 36.4 Å². The van der Waals surface area contributed by atoms with Crippen LogP contribution in [0.2, 0.25) is 0 Å². The summed E-state index contributed by atoms with van der Waals surface area (Å²) in [5, 5.41) is 20.4. The summed E-state index contributed by atoms with van der Waals surface area (Å²) in [6.07, 6.45) is 6.06. The highest BCUT2D eigenvalue weighted by Crippen LogP contribution is 2.44. The predicted molar refractivity (Wildman–Crippen MR) is 158 cm³/mol. The van der Waals surface area contributed by atoms with Crippen LogP contribution in [0.1, 0.15) is 59.5 Å². The highest BCUT2D eigenvalue weighted by molar-refractivity contribution is 5.98. The molecule has 40 heavy (non-hydrogen) atoms. The average molecular weight is 534 g/mol. The number of hydrogen-bond acceptors (Lipinski definition) is 4. The molecule has 0 atom stereocenters. The highest BCUT2D eigenvalue weighted by atomic mass is 16.5. The van der Waals surface area contributed by atoms with Gasteiger partial charge in [-0.05, 0) is 65.3 Å². The van der Waals surface area contributed by atoms with Gasteiger partial charge in [-0.3, -0.25) is 4.90 Å². The lowest BCUT2D eigenvalue weighted by atomic mass is 9.81. The van der Waals surface area contributed by atoms with Crippen molar-refractivity contribution < 1.29 is 14.6 Å². The molecule has 2 heterocycles. The van der Waals surface area contributed by atoms with E-state index in [0.717, 1.165) is 74.4 Å². The van der Waals surface area contributed by atoms with Crippen molar-refractivity contribution in [2.75, 3.05) is 32.8 Å². The van der Waals surface area contributed by atoms with Crippen LogP contribution in [0.5, 0.6) is 0 Å². The van der Waals surface area contributed by atoms with E-state index in [0.29, 0.717) is 17.0 Å². The number of hydrogen-bond donors (Lipinski definition) is 1. The number of morpholine rings is 1. The number of nitriles is 1. The van der Waals surface area contributed by atoms with Gasteiger partial charge >= 0.3 is 5.97 Å². The number of rotatable bonds is 7. The maximum absolute atomic E-state index is 12.0. The van der Waals surface area contributed by atoms with Gasteiger partial charge in [0.15, 0.2) is 0 Å². The van der Waals surface area contributed by atoms with E-state index in [9.17, 15) is 15.2 Å². The smallest absolute Gasteiger partial charge is 0.335 e. The Morgan fingerprint density at radius 3 is 2.38 bits per heavy atom. The molecule has 1 saturated carbocycles. The van der Waals surface area contributed by atoms with Crippen LogP contribution >= 0.6 is 0 Å². The van der Waals surface area contributed by atoms with Crippen LogP contribution in [-0.4, -0.2) is 53.4 Å². The Balaban J connectivity index is 1.49. The molecule has 6 heteroatoms. The minimum atomic E-state index is -0.896. The topological polar surface area (TPSA) is 78.5 Å². The van der Waals surface area contributed by atoms with Crippen LogP contribution in [0, 0.1) is 11.3 Å². The molecule has 0 radical (unpaired) electrons. The fourth-order valence-electron chi connectivity index (χ4n) is 6.51. The number of fused-ring (bicyclic) bond motifs is 1. The summed E-state index contributed by atoms with van der Waals surface area (Å²) in [4.78, 5) is 14.4. The molecular weight excluding hydrogens is 498 g/mol. The van der Waals surface area contributed by atoms with E-state index in [4.69, 9.17) is 4.74 Å². The van der Waals surface area contributed by atoms with Gasteiger partial charge < -0.3 is 14.4 Å². The van der Waals surface area contributed by atoms with Gasteiger partial charge in [-0.1, -0.05) is 61.7 Å². The van der Waals surface area contributed by atoms with Crippen LogP contribution in [0.15, 0.2) is 66.7 Å². The Morgan fingerprint density at radius 1 is 0.900 bits per heavy atom. The van der Waals surface area contributed by atoms with Gasteiger partial charge in [-0.25, -0.2) is 4.79 Å². The third-order valence-corrected chi connectivity index (χ3v) is 8.59. The summed E-state index contributed by atoms with van der Waals surface area (Å²) in [7, 11) is 0. The van der Waals surface area contributed by atoms with E-state index in [-0.39, 0.29) is 0 Å². The Hall–Kier alpha value is -3.92. The normalized spacial score (nSPS) is 16.7. The monoisotopic (exact) mass is 533 g/mol. The molecule has 0 unspecified atom stereocenters. The zero-order valence-corrected chi connectivity index (χ0v) is 22.8. The van der Waals surface area contributed by atoms with Gasteiger partial charge in [0.2, 0.25) is 0 Å². The van der Waals surface area contributed by atoms with E-state index in [1.165, 1.54) is 35.9 Å². The Labute approximate surface area is 235 Å². The first kappa shape index (κ1) is 26.3. The van der Waals surface area contributed by atoms with E-state index >= 15 is 0 Å². The zero-order valence-electron chi connectivity index (χ0n) is 22.8. The summed E-state index contributed by atoms with van der Waals surface area (Å²) >= 11 is 0. The van der Waals surface area contributed by atoms with E-state index in [1.54, 1.807) is 6.07 Å². The van der Waals surface area contributed by atoms with Crippen molar-refractivity contribution in [2.24, 2.45) is 0 Å². The maximum Gasteiger partial charge on any atom is 0.335 e. The number of ether oxygens (including phenoxy) is 1. The fraction of sp³-hybridized carbons (Fsp3) is 0.353. The minimum absolute atomic E-state index is 0.326. The summed E-state index contributed by atoms with van der Waals surface area (Å²) in [6, 6.07) is 24.3. The van der Waals surface area contributed by atoms with Crippen LogP contribution in [0.25, 0.3) is 33.3 Å². The number of carbonyl (C=O) groups is 1. The Morgan fingerprint density at radius 2 is 1.65 bits per heavy atom. The SMILES string of the molecule is N#Cc1cccc(-c2ccc(-c3c(C4CCCCC4)c4ccc(C(=O)O)cc4n3CCN3CCOCC3)cc2)c1. The molecule has 204 valence electrons. The van der Waals surface area contributed by atoms with Crippen LogP contribution in [0.4, 0.5) is 0 Å². The Bertz CT molecular complexity index is 1550. The zero-order chi connectivity index (χ0) is 27.5. The number of benzene rings is 3. The highest BCUT2D eigenvalue weighted by Gasteiger charge is 2.27. The summed E-state index contributed by atoms with van der Waals surface area (Å²) in [5.41, 5.74) is 7.82. The van der Waals surface area contributed by atoms with Crippen molar-refractivity contribution in [1.82, 2.24) is 9.47 Å². The number of aromatic nitrogens is 1. The quantitative estimate of drug-likeness (QED) is 0.279. The molecule has 0 spiro atoms. The van der Waals surface area contributed by atoms with Crippen molar-refractivity contribution in [3.63, 3.8) is 0 Å². The van der Waals surface area contributed by atoms with Gasteiger partial charge in [-0.2, -0.15) is 5.26 Å². The van der Waals surface area contributed by atoms with Gasteiger partial charge in [0.25, 0.3) is 0 Å². The molecule has 4 aromatic rings. The first-order chi connectivity index (χ1) is 19.6. The number of carboxylic acid groups (broad SMARTS) is 1. The molecule has 6 nitrogen and oxygen atoms in total. The van der Waals surface area contributed by atoms with Gasteiger partial charge in [-0.15, -0.1) is 0 Å². The largest absolute Gasteiger partial charge is 0.478 e. The molecule has 1 N–H and O–H groups in total. The van der Waals surface area contributed by atoms with Gasteiger partial charge in [0.1, 0.15) is 0 Å². The second-order valence-corrected chi connectivity index (χ2v) is 11.0. The van der Waals surface area contributed by atoms with E-state index < -0.39 is 5.97 Å². The minimum Gasteiger partial charge on any atom is -0.478 e. The molecule has 2 fully saturated rings. The lowest BCUT2D eigenvalue weighted by molar-refractivity contribution is 0.0366. The van der Waals surface area contributed by atoms with E-state index in [2.05, 4.69) is 39.8 Å². The average Bonchev–Trinajstić information content (AvgIpc) is 3.34. The first-order valence-electron chi connectivity index (χ1n) is 14.4. The molecule has 1 aromatic heterocycles. The summed E-state index contributed by atoms with van der Waals surface area (Å²) in [5.74, 6) is -0.439. The van der Waals surface area contributed by atoms with Crippen molar-refractivity contribution in [1.29, 1.82) is 5.26 Å². The van der Waals surface area contributed by atoms with Crippen LogP contribution in [-0.2, 0) is 11.3 Å². The molecule has 1 aliphatic heterocycles. The molecule has 1 saturated heterocycles.